The fourth-order valence-corrected chi connectivity index (χ4v) is 5.97. The minimum Gasteiger partial charge on any atom is -0.479 e. The number of carboxylic acids is 1. The first-order valence-electron chi connectivity index (χ1n) is 14.8. The minimum atomic E-state index is -5.22. The molecule has 0 bridgehead atoms. The number of hydrogen-bond acceptors (Lipinski definition) is 22. The highest BCUT2D eigenvalue weighted by molar-refractivity contribution is 7.46. The summed E-state index contributed by atoms with van der Waals surface area (Å²) in [6, 6.07) is 0. The van der Waals surface area contributed by atoms with Crippen molar-refractivity contribution in [2.75, 3.05) is 19.8 Å². The van der Waals surface area contributed by atoms with E-state index in [1.165, 1.54) is 0 Å². The highest BCUT2D eigenvalue weighted by Crippen LogP contribution is 2.39. The normalized spacial score (nSPS) is 49.1. The summed E-state index contributed by atoms with van der Waals surface area (Å²) in [5.41, 5.74) is 0. The lowest BCUT2D eigenvalue weighted by Crippen LogP contribution is -2.68. The third kappa shape index (κ3) is 8.95. The number of aliphatic hydroxyl groups is 12. The van der Waals surface area contributed by atoms with E-state index in [9.17, 15) is 75.7 Å². The highest BCUT2D eigenvalue weighted by Gasteiger charge is 2.57. The van der Waals surface area contributed by atoms with E-state index in [2.05, 4.69) is 4.52 Å². The molecular formula is C24H41O25P. The summed E-state index contributed by atoms with van der Waals surface area (Å²) >= 11 is 0. The van der Waals surface area contributed by atoms with E-state index in [0.29, 0.717) is 0 Å². The van der Waals surface area contributed by atoms with E-state index in [1.54, 1.807) is 0 Å². The molecule has 25 nitrogen and oxygen atoms in total. The van der Waals surface area contributed by atoms with Crippen molar-refractivity contribution in [1.29, 1.82) is 0 Å². The van der Waals surface area contributed by atoms with E-state index in [-0.39, 0.29) is 0 Å². The molecule has 0 saturated carbocycles. The van der Waals surface area contributed by atoms with E-state index in [0.717, 1.165) is 0 Å². The maximum absolute atomic E-state index is 12.3. The van der Waals surface area contributed by atoms with Crippen LogP contribution in [-0.2, 0) is 47.0 Å². The van der Waals surface area contributed by atoms with Crippen molar-refractivity contribution in [3.63, 3.8) is 0 Å². The molecule has 4 heterocycles. The van der Waals surface area contributed by atoms with Crippen LogP contribution >= 0.6 is 7.82 Å². The molecule has 50 heavy (non-hydrogen) atoms. The van der Waals surface area contributed by atoms with Gasteiger partial charge in [0.2, 0.25) is 0 Å². The summed E-state index contributed by atoms with van der Waals surface area (Å²) < 4.78 is 52.8. The van der Waals surface area contributed by atoms with E-state index in [4.69, 9.17) is 42.9 Å². The zero-order valence-electron chi connectivity index (χ0n) is 25.4. The van der Waals surface area contributed by atoms with E-state index >= 15 is 0 Å². The van der Waals surface area contributed by atoms with Crippen LogP contribution in [0, 0.1) is 0 Å². The van der Waals surface area contributed by atoms with Crippen LogP contribution < -0.4 is 0 Å². The fraction of sp³-hybridized carbons (Fsp3) is 0.958. The van der Waals surface area contributed by atoms with E-state index in [1.807, 2.05) is 0 Å². The molecule has 4 saturated heterocycles. The molecular weight excluding hydrogens is 719 g/mol. The lowest BCUT2D eigenvalue weighted by molar-refractivity contribution is -0.393. The molecule has 0 aromatic rings. The second-order valence-electron chi connectivity index (χ2n) is 11.8. The van der Waals surface area contributed by atoms with Crippen LogP contribution in [0.25, 0.3) is 0 Å². The summed E-state index contributed by atoms with van der Waals surface area (Å²) in [5, 5.41) is 134. The molecule has 26 heteroatoms. The van der Waals surface area contributed by atoms with Crippen molar-refractivity contribution in [3.8, 4) is 0 Å². The van der Waals surface area contributed by atoms with Crippen LogP contribution in [0.2, 0.25) is 0 Å². The van der Waals surface area contributed by atoms with Crippen LogP contribution in [-0.4, -0.2) is 225 Å². The van der Waals surface area contributed by atoms with Crippen molar-refractivity contribution in [2.45, 2.75) is 123 Å². The maximum atomic E-state index is 12.3. The van der Waals surface area contributed by atoms with Gasteiger partial charge in [0.1, 0.15) is 91.6 Å². The molecule has 4 aliphatic rings. The summed E-state index contributed by atoms with van der Waals surface area (Å²) in [7, 11) is -5.22. The van der Waals surface area contributed by atoms with Crippen molar-refractivity contribution >= 4 is 13.8 Å². The van der Waals surface area contributed by atoms with Gasteiger partial charge in [0.15, 0.2) is 31.3 Å². The van der Waals surface area contributed by atoms with Gasteiger partial charge in [-0.3, -0.25) is 4.52 Å². The molecule has 0 radical (unpaired) electrons. The third-order valence-corrected chi connectivity index (χ3v) is 8.89. The van der Waals surface area contributed by atoms with Gasteiger partial charge in [-0.05, 0) is 0 Å². The Labute approximate surface area is 280 Å². The average molecular weight is 761 g/mol. The van der Waals surface area contributed by atoms with Crippen LogP contribution in [0.15, 0.2) is 0 Å². The zero-order valence-corrected chi connectivity index (χ0v) is 26.3. The smallest absolute Gasteiger partial charge is 0.469 e. The number of phosphoric acid groups is 1. The summed E-state index contributed by atoms with van der Waals surface area (Å²) in [5.74, 6) is -1.92. The maximum Gasteiger partial charge on any atom is 0.469 e. The summed E-state index contributed by atoms with van der Waals surface area (Å²) in [6.45, 7) is -2.91. The van der Waals surface area contributed by atoms with Gasteiger partial charge >= 0.3 is 13.8 Å². The van der Waals surface area contributed by atoms with Crippen LogP contribution in [0.1, 0.15) is 0 Å². The topological polar surface area (TPSA) is 411 Å². The zero-order chi connectivity index (χ0) is 37.4. The predicted molar refractivity (Wildman–Crippen MR) is 145 cm³/mol. The van der Waals surface area contributed by atoms with Gasteiger partial charge in [-0.2, -0.15) is 0 Å². The predicted octanol–water partition coefficient (Wildman–Crippen LogP) is -9.54. The number of carboxylic acid groups (broad SMARTS) is 1. The van der Waals surface area contributed by atoms with Crippen LogP contribution in [0.3, 0.4) is 0 Å². The number of aliphatic hydroxyl groups excluding tert-OH is 12. The molecule has 0 aromatic heterocycles. The Bertz CT molecular complexity index is 1160. The van der Waals surface area contributed by atoms with Gasteiger partial charge < -0.3 is 109 Å². The molecule has 292 valence electrons. The molecule has 4 fully saturated rings. The number of hydrogen-bond donors (Lipinski definition) is 15. The van der Waals surface area contributed by atoms with Crippen molar-refractivity contribution < 1.29 is 123 Å². The molecule has 1 unspecified atom stereocenters. The Morgan fingerprint density at radius 3 is 1.56 bits per heavy atom. The van der Waals surface area contributed by atoms with Gasteiger partial charge in [0.25, 0.3) is 0 Å². The molecule has 0 amide bonds. The largest absolute Gasteiger partial charge is 0.479 e. The van der Waals surface area contributed by atoms with Crippen molar-refractivity contribution in [2.24, 2.45) is 0 Å². The van der Waals surface area contributed by atoms with Gasteiger partial charge in [0, 0.05) is 0 Å². The number of ether oxygens (including phenoxy) is 7. The quantitative estimate of drug-likeness (QED) is 0.0821. The second kappa shape index (κ2) is 16.9. The summed E-state index contributed by atoms with van der Waals surface area (Å²) in [4.78, 5) is 30.5. The van der Waals surface area contributed by atoms with E-state index < -0.39 is 156 Å². The summed E-state index contributed by atoms with van der Waals surface area (Å²) in [6.07, 6.45) is -41.1. The molecule has 0 aromatic carbocycles. The number of rotatable bonds is 12. The fourth-order valence-electron chi connectivity index (χ4n) is 5.63. The first-order valence-corrected chi connectivity index (χ1v) is 16.4. The Hall–Kier alpha value is -1.18. The highest BCUT2D eigenvalue weighted by atomic mass is 31.2. The molecule has 0 spiro atoms. The van der Waals surface area contributed by atoms with Gasteiger partial charge in [-0.1, -0.05) is 0 Å². The lowest BCUT2D eigenvalue weighted by atomic mass is 9.95. The lowest BCUT2D eigenvalue weighted by Gasteiger charge is -2.48. The molecule has 4 aliphatic heterocycles. The monoisotopic (exact) mass is 760 g/mol. The number of phosphoric ester groups is 1. The van der Waals surface area contributed by atoms with Crippen LogP contribution in [0.4, 0.5) is 0 Å². The van der Waals surface area contributed by atoms with Crippen molar-refractivity contribution in [3.05, 3.63) is 0 Å². The molecule has 4 rings (SSSR count). The minimum absolute atomic E-state index is 0.842. The Morgan fingerprint density at radius 1 is 0.540 bits per heavy atom. The van der Waals surface area contributed by atoms with Gasteiger partial charge in [-0.15, -0.1) is 0 Å². The number of carbonyl (C=O) groups is 1. The first-order chi connectivity index (χ1) is 23.3. The molecule has 20 atom stereocenters. The standard InChI is InChI=1S/C24H41O25P/c25-1-4-8(28)11(31)17(21(38)43-4)47-23-15(35)13(33)16(19(49-23)20(36)37)46-24-18(12(32)9(29)6(45-24)3-42-50(39,40)41)48-22-14(34)10(30)7(27)5(2-26)44-22/h4-19,21-35,38H,1-3H2,(H,36,37)(H2,39,40,41)/t4-,5-,6-,7-,8+,9-,10+,11+,12+,13-,14+,15-,16+,17-,18+,19+,21?,22+,23+,24+/m1/s1. The van der Waals surface area contributed by atoms with Crippen molar-refractivity contribution in [1.82, 2.24) is 0 Å². The number of aliphatic carboxylic acids is 1. The van der Waals surface area contributed by atoms with Gasteiger partial charge in [0.05, 0.1) is 19.8 Å². The first kappa shape index (κ1) is 41.6. The average Bonchev–Trinajstić information content (AvgIpc) is 3.05. The SMILES string of the molecule is O=C(O)[C@H]1O[C@H](O[C@H]2C(O)O[C@H](CO)[C@H](O)[C@@H]2O)[C@H](O)[C@@H](O)[C@@H]1O[C@@H]1O[C@H](COP(=O)(O)O)[C@@H](O)[C@H](O)[C@@H]1O[C@@H]1O[C@H](CO)[C@@H](O)[C@H](O)[C@@H]1O. The molecule has 15 N–H and O–H groups in total. The van der Waals surface area contributed by atoms with Gasteiger partial charge in [-0.25, -0.2) is 9.36 Å². The Balaban J connectivity index is 1.59. The third-order valence-electron chi connectivity index (χ3n) is 8.40. The molecule has 0 aliphatic carbocycles. The second-order valence-corrected chi connectivity index (χ2v) is 13.0. The Morgan fingerprint density at radius 2 is 0.980 bits per heavy atom. The Kier molecular flexibility index (Phi) is 14.0. The van der Waals surface area contributed by atoms with Crippen LogP contribution in [0.5, 0.6) is 0 Å².